The average Bonchev–Trinajstić information content (AvgIpc) is 2.53. The predicted molar refractivity (Wildman–Crippen MR) is 86.7 cm³/mol. The van der Waals surface area contributed by atoms with Gasteiger partial charge in [-0.1, -0.05) is 36.4 Å². The van der Waals surface area contributed by atoms with E-state index in [-0.39, 0.29) is 0 Å². The smallest absolute Gasteiger partial charge is 0.0399 e. The molecule has 104 valence electrons. The summed E-state index contributed by atoms with van der Waals surface area (Å²) in [5.41, 5.74) is 4.22. The van der Waals surface area contributed by atoms with Crippen LogP contribution < -0.4 is 9.80 Å². The van der Waals surface area contributed by atoms with E-state index in [4.69, 9.17) is 0 Å². The lowest BCUT2D eigenvalue weighted by Gasteiger charge is -2.33. The normalized spacial score (nSPS) is 13.9. The average molecular weight is 266 g/mol. The van der Waals surface area contributed by atoms with Gasteiger partial charge in [-0.05, 0) is 36.6 Å². The van der Waals surface area contributed by atoms with Crippen molar-refractivity contribution in [3.63, 3.8) is 0 Å². The number of hydrogen-bond donors (Lipinski definition) is 0. The summed E-state index contributed by atoms with van der Waals surface area (Å²) in [5.74, 6) is 0. The Morgan fingerprint density at radius 2 is 1.75 bits per heavy atom. The van der Waals surface area contributed by atoms with Crippen LogP contribution in [0.1, 0.15) is 12.0 Å². The van der Waals surface area contributed by atoms with Gasteiger partial charge in [0.1, 0.15) is 0 Å². The highest BCUT2D eigenvalue weighted by Gasteiger charge is 2.16. The molecule has 1 heterocycles. The molecule has 0 atom stereocenters. The van der Waals surface area contributed by atoms with Gasteiger partial charge >= 0.3 is 0 Å². The first-order valence-corrected chi connectivity index (χ1v) is 7.43. The lowest BCUT2D eigenvalue weighted by molar-refractivity contribution is 0.683. The molecule has 2 aromatic carbocycles. The minimum Gasteiger partial charge on any atom is -0.373 e. The molecule has 0 bridgehead atoms. The van der Waals surface area contributed by atoms with Crippen molar-refractivity contribution in [1.29, 1.82) is 0 Å². The molecule has 2 aromatic rings. The van der Waals surface area contributed by atoms with Crippen molar-refractivity contribution in [2.45, 2.75) is 12.8 Å². The Morgan fingerprint density at radius 3 is 2.60 bits per heavy atom. The van der Waals surface area contributed by atoms with E-state index in [0.717, 1.165) is 13.1 Å². The monoisotopic (exact) mass is 266 g/mol. The molecule has 0 unspecified atom stereocenters. The quantitative estimate of drug-likeness (QED) is 0.834. The fraction of sp³-hybridized carbons (Fsp3) is 0.333. The summed E-state index contributed by atoms with van der Waals surface area (Å²) in [4.78, 5) is 4.86. The van der Waals surface area contributed by atoms with Gasteiger partial charge in [0.15, 0.2) is 0 Å². The first-order chi connectivity index (χ1) is 9.84. The second-order valence-corrected chi connectivity index (χ2v) is 5.48. The molecule has 3 rings (SSSR count). The van der Waals surface area contributed by atoms with Gasteiger partial charge in [0.25, 0.3) is 0 Å². The molecule has 1 aliphatic heterocycles. The molecular formula is C18H22N2. The van der Waals surface area contributed by atoms with Gasteiger partial charge in [-0.2, -0.15) is 0 Å². The van der Waals surface area contributed by atoms with E-state index in [1.165, 1.54) is 36.3 Å². The molecule has 0 saturated heterocycles. The molecule has 20 heavy (non-hydrogen) atoms. The third-order valence-corrected chi connectivity index (χ3v) is 4.11. The summed E-state index contributed by atoms with van der Waals surface area (Å²) in [6.45, 7) is 3.32. The number of benzene rings is 2. The molecular weight excluding hydrogens is 244 g/mol. The fourth-order valence-corrected chi connectivity index (χ4v) is 2.93. The summed E-state index contributed by atoms with van der Waals surface area (Å²) >= 11 is 0. The van der Waals surface area contributed by atoms with Crippen molar-refractivity contribution in [3.8, 4) is 0 Å². The number of rotatable bonds is 4. The van der Waals surface area contributed by atoms with Crippen molar-refractivity contribution >= 4 is 11.4 Å². The van der Waals surface area contributed by atoms with E-state index in [9.17, 15) is 0 Å². The van der Waals surface area contributed by atoms with Crippen molar-refractivity contribution < 1.29 is 0 Å². The molecule has 2 nitrogen and oxygen atoms in total. The van der Waals surface area contributed by atoms with Gasteiger partial charge in [-0.3, -0.25) is 0 Å². The highest BCUT2D eigenvalue weighted by molar-refractivity contribution is 5.55. The summed E-state index contributed by atoms with van der Waals surface area (Å²) in [6.07, 6.45) is 2.49. The molecule has 0 radical (unpaired) electrons. The van der Waals surface area contributed by atoms with E-state index in [1.807, 2.05) is 0 Å². The Morgan fingerprint density at radius 1 is 1.00 bits per heavy atom. The summed E-state index contributed by atoms with van der Waals surface area (Å²) in [5, 5.41) is 0. The van der Waals surface area contributed by atoms with Crippen LogP contribution >= 0.6 is 0 Å². The SMILES string of the molecule is CN(CCN1CCCc2ccccc21)c1ccccc1. The van der Waals surface area contributed by atoms with Gasteiger partial charge in [-0.15, -0.1) is 0 Å². The van der Waals surface area contributed by atoms with Crippen molar-refractivity contribution in [1.82, 2.24) is 0 Å². The standard InChI is InChI=1S/C18H22N2/c1-19(17-10-3-2-4-11-17)14-15-20-13-7-9-16-8-5-6-12-18(16)20/h2-6,8,10-12H,7,9,13-15H2,1H3. The Hall–Kier alpha value is -1.96. The Balaban J connectivity index is 1.65. The molecule has 0 spiro atoms. The Kier molecular flexibility index (Phi) is 3.91. The Labute approximate surface area is 121 Å². The topological polar surface area (TPSA) is 6.48 Å². The van der Waals surface area contributed by atoms with Gasteiger partial charge in [0, 0.05) is 38.1 Å². The largest absolute Gasteiger partial charge is 0.373 e. The molecule has 1 aliphatic rings. The first-order valence-electron chi connectivity index (χ1n) is 7.43. The maximum absolute atomic E-state index is 2.53. The zero-order chi connectivity index (χ0) is 13.8. The summed E-state index contributed by atoms with van der Waals surface area (Å²) in [7, 11) is 2.17. The zero-order valence-electron chi connectivity index (χ0n) is 12.1. The number of anilines is 2. The molecule has 0 aliphatic carbocycles. The third kappa shape index (κ3) is 2.79. The van der Waals surface area contributed by atoms with Crippen molar-refractivity contribution in [3.05, 3.63) is 60.2 Å². The van der Waals surface area contributed by atoms with Crippen LogP contribution in [0.4, 0.5) is 11.4 Å². The van der Waals surface area contributed by atoms with Gasteiger partial charge < -0.3 is 9.80 Å². The maximum Gasteiger partial charge on any atom is 0.0399 e. The van der Waals surface area contributed by atoms with E-state index in [0.29, 0.717) is 0 Å². The lowest BCUT2D eigenvalue weighted by Crippen LogP contribution is -2.36. The number of likely N-dealkylation sites (N-methyl/N-ethyl adjacent to an activating group) is 1. The van der Waals surface area contributed by atoms with Crippen LogP contribution in [-0.2, 0) is 6.42 Å². The van der Waals surface area contributed by atoms with Crippen molar-refractivity contribution in [2.75, 3.05) is 36.5 Å². The van der Waals surface area contributed by atoms with Crippen LogP contribution in [0.15, 0.2) is 54.6 Å². The van der Waals surface area contributed by atoms with Crippen LogP contribution in [0.3, 0.4) is 0 Å². The van der Waals surface area contributed by atoms with Crippen LogP contribution in [0, 0.1) is 0 Å². The second kappa shape index (κ2) is 6.00. The third-order valence-electron chi connectivity index (χ3n) is 4.11. The zero-order valence-corrected chi connectivity index (χ0v) is 12.1. The fourth-order valence-electron chi connectivity index (χ4n) is 2.93. The van der Waals surface area contributed by atoms with Crippen LogP contribution in [-0.4, -0.2) is 26.7 Å². The van der Waals surface area contributed by atoms with E-state index in [1.54, 1.807) is 0 Å². The van der Waals surface area contributed by atoms with E-state index < -0.39 is 0 Å². The molecule has 0 amide bonds. The molecule has 2 heteroatoms. The number of hydrogen-bond acceptors (Lipinski definition) is 2. The van der Waals surface area contributed by atoms with E-state index >= 15 is 0 Å². The molecule has 0 saturated carbocycles. The van der Waals surface area contributed by atoms with Gasteiger partial charge in [0.05, 0.1) is 0 Å². The predicted octanol–water partition coefficient (Wildman–Crippen LogP) is 3.58. The van der Waals surface area contributed by atoms with Crippen LogP contribution in [0.25, 0.3) is 0 Å². The first kappa shape index (κ1) is 13.0. The maximum atomic E-state index is 2.53. The van der Waals surface area contributed by atoms with Crippen LogP contribution in [0.2, 0.25) is 0 Å². The highest BCUT2D eigenvalue weighted by Crippen LogP contribution is 2.26. The highest BCUT2D eigenvalue weighted by atomic mass is 15.2. The van der Waals surface area contributed by atoms with Crippen LogP contribution in [0.5, 0.6) is 0 Å². The molecule has 0 fully saturated rings. The number of para-hydroxylation sites is 2. The van der Waals surface area contributed by atoms with Gasteiger partial charge in [-0.25, -0.2) is 0 Å². The summed E-state index contributed by atoms with van der Waals surface area (Å²) < 4.78 is 0. The Bertz CT molecular complexity index is 550. The minimum absolute atomic E-state index is 1.05. The number of fused-ring (bicyclic) bond motifs is 1. The molecule has 0 N–H and O–H groups in total. The number of nitrogens with zero attached hydrogens (tertiary/aromatic N) is 2. The van der Waals surface area contributed by atoms with E-state index in [2.05, 4.69) is 71.4 Å². The lowest BCUT2D eigenvalue weighted by atomic mass is 10.0. The molecule has 0 aromatic heterocycles. The van der Waals surface area contributed by atoms with Crippen molar-refractivity contribution in [2.24, 2.45) is 0 Å². The minimum atomic E-state index is 1.05. The second-order valence-electron chi connectivity index (χ2n) is 5.48. The number of aryl methyl sites for hydroxylation is 1. The summed E-state index contributed by atoms with van der Waals surface area (Å²) in [6, 6.07) is 19.4. The van der Waals surface area contributed by atoms with Gasteiger partial charge in [0.2, 0.25) is 0 Å².